The first-order valence-electron chi connectivity index (χ1n) is 8.64. The molecule has 1 atom stereocenters. The molecule has 20 heavy (non-hydrogen) atoms. The van der Waals surface area contributed by atoms with E-state index in [2.05, 4.69) is 34.0 Å². The highest BCUT2D eigenvalue weighted by Gasteiger charge is 2.18. The molecule has 2 aliphatic rings. The minimum atomic E-state index is 0.739. The second-order valence-electron chi connectivity index (χ2n) is 6.59. The van der Waals surface area contributed by atoms with Crippen molar-refractivity contribution in [2.75, 3.05) is 66.0 Å². The van der Waals surface area contributed by atoms with E-state index in [-0.39, 0.29) is 0 Å². The molecule has 0 aliphatic carbocycles. The first-order valence-corrected chi connectivity index (χ1v) is 8.64. The number of hydrogen-bond acceptors (Lipinski definition) is 4. The van der Waals surface area contributed by atoms with Crippen LogP contribution >= 0.6 is 0 Å². The van der Waals surface area contributed by atoms with E-state index in [9.17, 15) is 0 Å². The van der Waals surface area contributed by atoms with E-state index in [1.165, 1.54) is 84.6 Å². The van der Waals surface area contributed by atoms with Gasteiger partial charge in [0, 0.05) is 51.9 Å². The highest BCUT2D eigenvalue weighted by molar-refractivity contribution is 4.77. The molecule has 0 amide bonds. The molecule has 0 spiro atoms. The monoisotopic (exact) mass is 282 g/mol. The minimum Gasteiger partial charge on any atom is -0.313 e. The third kappa shape index (κ3) is 5.68. The van der Waals surface area contributed by atoms with E-state index in [1.807, 2.05) is 0 Å². The van der Waals surface area contributed by atoms with Gasteiger partial charge in [-0.25, -0.2) is 0 Å². The molecule has 0 aromatic carbocycles. The average Bonchev–Trinajstić information content (AvgIpc) is 2.48. The summed E-state index contributed by atoms with van der Waals surface area (Å²) in [5, 5.41) is 3.69. The fourth-order valence-electron chi connectivity index (χ4n) is 3.36. The molecule has 2 rings (SSSR count). The Bertz CT molecular complexity index is 245. The zero-order chi connectivity index (χ0) is 14.2. The molecular weight excluding hydrogens is 248 g/mol. The van der Waals surface area contributed by atoms with E-state index in [1.54, 1.807) is 0 Å². The number of nitrogens with zero attached hydrogens (tertiary/aromatic N) is 3. The van der Waals surface area contributed by atoms with Gasteiger partial charge in [0.2, 0.25) is 0 Å². The van der Waals surface area contributed by atoms with Crippen molar-refractivity contribution in [3.8, 4) is 0 Å². The minimum absolute atomic E-state index is 0.739. The van der Waals surface area contributed by atoms with Gasteiger partial charge >= 0.3 is 0 Å². The van der Waals surface area contributed by atoms with Crippen molar-refractivity contribution in [2.45, 2.75) is 38.6 Å². The van der Waals surface area contributed by atoms with Crippen LogP contribution in [0.25, 0.3) is 0 Å². The summed E-state index contributed by atoms with van der Waals surface area (Å²) in [6, 6.07) is 0.739. The smallest absolute Gasteiger partial charge is 0.0195 e. The van der Waals surface area contributed by atoms with Crippen LogP contribution in [0.15, 0.2) is 0 Å². The lowest BCUT2D eigenvalue weighted by Gasteiger charge is -2.35. The summed E-state index contributed by atoms with van der Waals surface area (Å²) in [5.41, 5.74) is 0. The second-order valence-corrected chi connectivity index (χ2v) is 6.59. The standard InChI is InChI=1S/C16H34N4/c1-3-8-20(15-16-6-4-5-7-17-16)14-13-19-11-9-18(2)10-12-19/h16-17H,3-15H2,1-2H3. The summed E-state index contributed by atoms with van der Waals surface area (Å²) in [4.78, 5) is 7.75. The highest BCUT2D eigenvalue weighted by Crippen LogP contribution is 2.09. The highest BCUT2D eigenvalue weighted by atomic mass is 15.3. The van der Waals surface area contributed by atoms with Gasteiger partial charge in [-0.2, -0.15) is 0 Å². The van der Waals surface area contributed by atoms with Crippen LogP contribution in [0.4, 0.5) is 0 Å². The van der Waals surface area contributed by atoms with Crippen molar-refractivity contribution in [1.82, 2.24) is 20.0 Å². The zero-order valence-electron chi connectivity index (χ0n) is 13.6. The Labute approximate surface area is 125 Å². The van der Waals surface area contributed by atoms with Crippen molar-refractivity contribution < 1.29 is 0 Å². The molecule has 2 saturated heterocycles. The topological polar surface area (TPSA) is 21.8 Å². The summed E-state index contributed by atoms with van der Waals surface area (Å²) in [6.07, 6.45) is 5.42. The molecule has 1 N–H and O–H groups in total. The van der Waals surface area contributed by atoms with Gasteiger partial charge in [-0.05, 0) is 39.4 Å². The van der Waals surface area contributed by atoms with Crippen LogP contribution < -0.4 is 5.32 Å². The van der Waals surface area contributed by atoms with Crippen molar-refractivity contribution in [1.29, 1.82) is 0 Å². The summed E-state index contributed by atoms with van der Waals surface area (Å²) >= 11 is 0. The molecule has 0 saturated carbocycles. The second kappa shape index (κ2) is 8.98. The zero-order valence-corrected chi connectivity index (χ0v) is 13.6. The van der Waals surface area contributed by atoms with Crippen LogP contribution in [-0.4, -0.2) is 86.7 Å². The molecule has 2 aliphatic heterocycles. The molecule has 0 radical (unpaired) electrons. The Kier molecular flexibility index (Phi) is 7.28. The maximum Gasteiger partial charge on any atom is 0.0195 e. The lowest BCUT2D eigenvalue weighted by atomic mass is 10.0. The van der Waals surface area contributed by atoms with Gasteiger partial charge in [-0.3, -0.25) is 4.90 Å². The Hall–Kier alpha value is -0.160. The van der Waals surface area contributed by atoms with E-state index in [0.29, 0.717) is 0 Å². The molecule has 0 aromatic rings. The van der Waals surface area contributed by atoms with Crippen molar-refractivity contribution >= 4 is 0 Å². The lowest BCUT2D eigenvalue weighted by Crippen LogP contribution is -2.49. The van der Waals surface area contributed by atoms with Crippen LogP contribution in [0.5, 0.6) is 0 Å². The summed E-state index contributed by atoms with van der Waals surface area (Å²) in [6.45, 7) is 13.5. The summed E-state index contributed by atoms with van der Waals surface area (Å²) in [7, 11) is 2.23. The van der Waals surface area contributed by atoms with E-state index < -0.39 is 0 Å². The number of piperazine rings is 1. The predicted octanol–water partition coefficient (Wildman–Crippen LogP) is 1.09. The third-order valence-corrected chi connectivity index (χ3v) is 4.76. The Balaban J connectivity index is 1.68. The summed E-state index contributed by atoms with van der Waals surface area (Å²) < 4.78 is 0. The molecule has 118 valence electrons. The predicted molar refractivity (Wildman–Crippen MR) is 86.3 cm³/mol. The SMILES string of the molecule is CCCN(CCN1CCN(C)CC1)CC1CCCCN1. The van der Waals surface area contributed by atoms with Crippen LogP contribution in [0.2, 0.25) is 0 Å². The van der Waals surface area contributed by atoms with E-state index in [4.69, 9.17) is 0 Å². The normalized spacial score (nSPS) is 26.2. The fraction of sp³-hybridized carbons (Fsp3) is 1.00. The van der Waals surface area contributed by atoms with Gasteiger partial charge < -0.3 is 15.1 Å². The van der Waals surface area contributed by atoms with Crippen LogP contribution in [-0.2, 0) is 0 Å². The Morgan fingerprint density at radius 3 is 2.55 bits per heavy atom. The van der Waals surface area contributed by atoms with E-state index >= 15 is 0 Å². The summed E-state index contributed by atoms with van der Waals surface area (Å²) in [5.74, 6) is 0. The lowest BCUT2D eigenvalue weighted by molar-refractivity contribution is 0.129. The van der Waals surface area contributed by atoms with Gasteiger partial charge in [-0.15, -0.1) is 0 Å². The first kappa shape index (κ1) is 16.2. The molecule has 4 heteroatoms. The van der Waals surface area contributed by atoms with E-state index in [0.717, 1.165) is 6.04 Å². The molecular formula is C16H34N4. The molecule has 1 unspecified atom stereocenters. The van der Waals surface area contributed by atoms with Gasteiger partial charge in [0.15, 0.2) is 0 Å². The fourth-order valence-corrected chi connectivity index (χ4v) is 3.36. The van der Waals surface area contributed by atoms with Crippen molar-refractivity contribution in [3.05, 3.63) is 0 Å². The molecule has 2 heterocycles. The quantitative estimate of drug-likeness (QED) is 0.754. The molecule has 4 nitrogen and oxygen atoms in total. The number of nitrogens with one attached hydrogen (secondary N) is 1. The average molecular weight is 282 g/mol. The van der Waals surface area contributed by atoms with Gasteiger partial charge in [0.05, 0.1) is 0 Å². The number of rotatable bonds is 7. The van der Waals surface area contributed by atoms with Gasteiger partial charge in [0.1, 0.15) is 0 Å². The number of piperidine rings is 1. The maximum absolute atomic E-state index is 3.69. The maximum atomic E-state index is 3.69. The third-order valence-electron chi connectivity index (χ3n) is 4.76. The molecule has 0 aromatic heterocycles. The molecule has 2 fully saturated rings. The largest absolute Gasteiger partial charge is 0.313 e. The van der Waals surface area contributed by atoms with Gasteiger partial charge in [-0.1, -0.05) is 13.3 Å². The first-order chi connectivity index (χ1) is 9.78. The van der Waals surface area contributed by atoms with Crippen LogP contribution in [0.1, 0.15) is 32.6 Å². The van der Waals surface area contributed by atoms with Crippen molar-refractivity contribution in [3.63, 3.8) is 0 Å². The van der Waals surface area contributed by atoms with Crippen LogP contribution in [0.3, 0.4) is 0 Å². The van der Waals surface area contributed by atoms with Crippen molar-refractivity contribution in [2.24, 2.45) is 0 Å². The van der Waals surface area contributed by atoms with Crippen LogP contribution in [0, 0.1) is 0 Å². The Morgan fingerprint density at radius 1 is 1.10 bits per heavy atom. The number of hydrogen-bond donors (Lipinski definition) is 1. The number of likely N-dealkylation sites (N-methyl/N-ethyl adjacent to an activating group) is 1. The molecule has 0 bridgehead atoms. The van der Waals surface area contributed by atoms with Gasteiger partial charge in [0.25, 0.3) is 0 Å². The Morgan fingerprint density at radius 2 is 1.90 bits per heavy atom.